The van der Waals surface area contributed by atoms with Crippen molar-refractivity contribution in [1.82, 2.24) is 10.2 Å². The standard InChI is InChI=1S/C15H28N2/c1-11-5-6-15(12(11)2)16-13-7-9-17-8-3-4-14(17)10-13/h11-16H,3-10H2,1-2H3. The van der Waals surface area contributed by atoms with Gasteiger partial charge in [0, 0.05) is 18.1 Å². The van der Waals surface area contributed by atoms with Gasteiger partial charge in [0.25, 0.3) is 0 Å². The predicted octanol–water partition coefficient (Wildman–Crippen LogP) is 2.64. The molecule has 5 atom stereocenters. The zero-order chi connectivity index (χ0) is 11.8. The van der Waals surface area contributed by atoms with Crippen LogP contribution in [-0.2, 0) is 0 Å². The van der Waals surface area contributed by atoms with Crippen molar-refractivity contribution in [1.29, 1.82) is 0 Å². The van der Waals surface area contributed by atoms with Gasteiger partial charge in [-0.3, -0.25) is 0 Å². The summed E-state index contributed by atoms with van der Waals surface area (Å²) in [6.45, 7) is 7.58. The van der Waals surface area contributed by atoms with Crippen LogP contribution in [0.15, 0.2) is 0 Å². The Bertz CT molecular complexity index is 266. The largest absolute Gasteiger partial charge is 0.311 e. The highest BCUT2D eigenvalue weighted by atomic mass is 15.2. The molecular weight excluding hydrogens is 208 g/mol. The van der Waals surface area contributed by atoms with Crippen molar-refractivity contribution in [3.63, 3.8) is 0 Å². The highest BCUT2D eigenvalue weighted by molar-refractivity contribution is 4.93. The normalized spacial score (nSPS) is 47.3. The van der Waals surface area contributed by atoms with E-state index in [1.54, 1.807) is 0 Å². The second-order valence-electron chi connectivity index (χ2n) is 6.74. The summed E-state index contributed by atoms with van der Waals surface area (Å²) in [7, 11) is 0. The average molecular weight is 236 g/mol. The summed E-state index contributed by atoms with van der Waals surface area (Å²) < 4.78 is 0. The molecular formula is C15H28N2. The molecule has 0 aromatic heterocycles. The van der Waals surface area contributed by atoms with Gasteiger partial charge in [-0.25, -0.2) is 0 Å². The third-order valence-corrected chi connectivity index (χ3v) is 5.74. The fourth-order valence-corrected chi connectivity index (χ4v) is 4.28. The number of fused-ring (bicyclic) bond motifs is 1. The zero-order valence-corrected chi connectivity index (χ0v) is 11.5. The van der Waals surface area contributed by atoms with Crippen LogP contribution in [0.1, 0.15) is 52.4 Å². The van der Waals surface area contributed by atoms with Crippen LogP contribution in [0.2, 0.25) is 0 Å². The smallest absolute Gasteiger partial charge is 0.0111 e. The molecule has 3 aliphatic rings. The van der Waals surface area contributed by atoms with Crippen LogP contribution >= 0.6 is 0 Å². The van der Waals surface area contributed by atoms with Gasteiger partial charge in [0.15, 0.2) is 0 Å². The molecule has 2 saturated heterocycles. The van der Waals surface area contributed by atoms with Crippen molar-refractivity contribution in [2.24, 2.45) is 11.8 Å². The van der Waals surface area contributed by atoms with Crippen LogP contribution in [-0.4, -0.2) is 36.1 Å². The number of piperidine rings is 1. The first-order valence-electron chi connectivity index (χ1n) is 7.74. The molecule has 0 aromatic carbocycles. The van der Waals surface area contributed by atoms with Gasteiger partial charge in [-0.2, -0.15) is 0 Å². The molecule has 3 fully saturated rings. The molecule has 0 radical (unpaired) electrons. The van der Waals surface area contributed by atoms with E-state index in [-0.39, 0.29) is 0 Å². The molecule has 1 N–H and O–H groups in total. The third kappa shape index (κ3) is 2.39. The van der Waals surface area contributed by atoms with E-state index in [1.165, 1.54) is 51.6 Å². The molecule has 5 unspecified atom stereocenters. The summed E-state index contributed by atoms with van der Waals surface area (Å²) in [4.78, 5) is 2.72. The lowest BCUT2D eigenvalue weighted by Gasteiger charge is -2.37. The third-order valence-electron chi connectivity index (χ3n) is 5.74. The fraction of sp³-hybridized carbons (Fsp3) is 1.00. The maximum atomic E-state index is 3.98. The van der Waals surface area contributed by atoms with Crippen molar-refractivity contribution < 1.29 is 0 Å². The van der Waals surface area contributed by atoms with Gasteiger partial charge in [0.1, 0.15) is 0 Å². The molecule has 0 aromatic rings. The van der Waals surface area contributed by atoms with Gasteiger partial charge >= 0.3 is 0 Å². The molecule has 98 valence electrons. The Morgan fingerprint density at radius 2 is 1.88 bits per heavy atom. The van der Waals surface area contributed by atoms with E-state index in [0.29, 0.717) is 0 Å². The van der Waals surface area contributed by atoms with E-state index in [9.17, 15) is 0 Å². The molecule has 2 aliphatic heterocycles. The molecule has 17 heavy (non-hydrogen) atoms. The highest BCUT2D eigenvalue weighted by Gasteiger charge is 2.35. The number of nitrogens with one attached hydrogen (secondary N) is 1. The SMILES string of the molecule is CC1CCC(NC2CCN3CCCC3C2)C1C. The second-order valence-corrected chi connectivity index (χ2v) is 6.74. The minimum atomic E-state index is 0.808. The number of rotatable bonds is 2. The van der Waals surface area contributed by atoms with Crippen LogP contribution in [0.4, 0.5) is 0 Å². The quantitative estimate of drug-likeness (QED) is 0.793. The van der Waals surface area contributed by atoms with Crippen LogP contribution in [0.5, 0.6) is 0 Å². The number of hydrogen-bond donors (Lipinski definition) is 1. The van der Waals surface area contributed by atoms with E-state index in [2.05, 4.69) is 24.1 Å². The number of nitrogens with zero attached hydrogens (tertiary/aromatic N) is 1. The molecule has 0 bridgehead atoms. The lowest BCUT2D eigenvalue weighted by atomic mass is 9.93. The topological polar surface area (TPSA) is 15.3 Å². The summed E-state index contributed by atoms with van der Waals surface area (Å²) in [6, 6.07) is 2.53. The summed E-state index contributed by atoms with van der Waals surface area (Å²) in [5.41, 5.74) is 0. The summed E-state index contributed by atoms with van der Waals surface area (Å²) in [5.74, 6) is 1.82. The molecule has 1 saturated carbocycles. The molecule has 0 spiro atoms. The minimum absolute atomic E-state index is 0.808. The Balaban J connectivity index is 1.52. The molecule has 2 heteroatoms. The van der Waals surface area contributed by atoms with Gasteiger partial charge in [-0.1, -0.05) is 13.8 Å². The van der Waals surface area contributed by atoms with Gasteiger partial charge < -0.3 is 10.2 Å². The Morgan fingerprint density at radius 3 is 2.65 bits per heavy atom. The molecule has 2 heterocycles. The molecule has 1 aliphatic carbocycles. The first kappa shape index (κ1) is 12.0. The monoisotopic (exact) mass is 236 g/mol. The van der Waals surface area contributed by atoms with Crippen LogP contribution in [0, 0.1) is 11.8 Å². The minimum Gasteiger partial charge on any atom is -0.311 e. The lowest BCUT2D eigenvalue weighted by Crippen LogP contribution is -2.49. The van der Waals surface area contributed by atoms with Crippen LogP contribution in [0.3, 0.4) is 0 Å². The van der Waals surface area contributed by atoms with E-state index in [1.807, 2.05) is 0 Å². The molecule has 0 amide bonds. The second kappa shape index (κ2) is 4.89. The molecule has 3 rings (SSSR count). The van der Waals surface area contributed by atoms with E-state index in [4.69, 9.17) is 0 Å². The first-order chi connectivity index (χ1) is 8.24. The fourth-order valence-electron chi connectivity index (χ4n) is 4.28. The number of hydrogen-bond acceptors (Lipinski definition) is 2. The van der Waals surface area contributed by atoms with E-state index >= 15 is 0 Å². The van der Waals surface area contributed by atoms with Crippen molar-refractivity contribution in [3.05, 3.63) is 0 Å². The molecule has 2 nitrogen and oxygen atoms in total. The van der Waals surface area contributed by atoms with Crippen LogP contribution in [0.25, 0.3) is 0 Å². The predicted molar refractivity (Wildman–Crippen MR) is 72.1 cm³/mol. The van der Waals surface area contributed by atoms with Crippen LogP contribution < -0.4 is 5.32 Å². The lowest BCUT2D eigenvalue weighted by molar-refractivity contribution is 0.156. The highest BCUT2D eigenvalue weighted by Crippen LogP contribution is 2.33. The van der Waals surface area contributed by atoms with E-state index < -0.39 is 0 Å². The van der Waals surface area contributed by atoms with Gasteiger partial charge in [0.2, 0.25) is 0 Å². The zero-order valence-electron chi connectivity index (χ0n) is 11.5. The Kier molecular flexibility index (Phi) is 3.45. The van der Waals surface area contributed by atoms with Crippen molar-refractivity contribution in [3.8, 4) is 0 Å². The summed E-state index contributed by atoms with van der Waals surface area (Å²) in [5, 5.41) is 3.98. The van der Waals surface area contributed by atoms with E-state index in [0.717, 1.165) is 30.0 Å². The summed E-state index contributed by atoms with van der Waals surface area (Å²) in [6.07, 6.45) is 8.53. The van der Waals surface area contributed by atoms with Crippen molar-refractivity contribution in [2.75, 3.05) is 13.1 Å². The first-order valence-corrected chi connectivity index (χ1v) is 7.74. The Morgan fingerprint density at radius 1 is 1.00 bits per heavy atom. The Labute approximate surface area is 106 Å². The van der Waals surface area contributed by atoms with Crippen molar-refractivity contribution >= 4 is 0 Å². The maximum Gasteiger partial charge on any atom is 0.0111 e. The Hall–Kier alpha value is -0.0800. The summed E-state index contributed by atoms with van der Waals surface area (Å²) >= 11 is 0. The van der Waals surface area contributed by atoms with Crippen molar-refractivity contribution in [2.45, 2.75) is 70.5 Å². The van der Waals surface area contributed by atoms with Gasteiger partial charge in [-0.05, 0) is 63.5 Å². The maximum absolute atomic E-state index is 3.98. The van der Waals surface area contributed by atoms with Gasteiger partial charge in [-0.15, -0.1) is 0 Å². The van der Waals surface area contributed by atoms with Gasteiger partial charge in [0.05, 0.1) is 0 Å². The average Bonchev–Trinajstić information content (AvgIpc) is 2.90.